The number of rotatable bonds is 1. The summed E-state index contributed by atoms with van der Waals surface area (Å²) in [5.74, 6) is 0.931. The molecule has 1 aliphatic rings. The van der Waals surface area contributed by atoms with Gasteiger partial charge in [0, 0.05) is 16.9 Å². The van der Waals surface area contributed by atoms with E-state index in [1.807, 2.05) is 18.2 Å². The van der Waals surface area contributed by atoms with Gasteiger partial charge in [-0.15, -0.1) is 0 Å². The lowest BCUT2D eigenvalue weighted by molar-refractivity contribution is 0.287. The fourth-order valence-electron chi connectivity index (χ4n) is 1.38. The SMILES string of the molecule is OSc1ccc2c(c1)OCCC2. The Labute approximate surface area is 75.8 Å². The fourth-order valence-corrected chi connectivity index (χ4v) is 1.67. The maximum absolute atomic E-state index is 8.80. The van der Waals surface area contributed by atoms with Crippen LogP contribution in [0.1, 0.15) is 12.0 Å². The van der Waals surface area contributed by atoms with E-state index in [1.165, 1.54) is 5.56 Å². The first-order valence-corrected chi connectivity index (χ1v) is 4.74. The minimum absolute atomic E-state index is 0.762. The van der Waals surface area contributed by atoms with Gasteiger partial charge in [0.05, 0.1) is 6.61 Å². The standard InChI is InChI=1S/C9H10O2S/c10-12-8-4-3-7-2-1-5-11-9(7)6-8/h3-4,6,10H,1-2,5H2. The van der Waals surface area contributed by atoms with Gasteiger partial charge in [-0.2, -0.15) is 0 Å². The van der Waals surface area contributed by atoms with Gasteiger partial charge in [0.2, 0.25) is 0 Å². The van der Waals surface area contributed by atoms with Crippen molar-refractivity contribution < 1.29 is 9.29 Å². The van der Waals surface area contributed by atoms with Crippen molar-refractivity contribution in [1.29, 1.82) is 0 Å². The van der Waals surface area contributed by atoms with E-state index < -0.39 is 0 Å². The van der Waals surface area contributed by atoms with Crippen LogP contribution in [0.15, 0.2) is 23.1 Å². The molecule has 0 aromatic heterocycles. The molecule has 0 saturated heterocycles. The molecule has 0 amide bonds. The fraction of sp³-hybridized carbons (Fsp3) is 0.333. The molecule has 1 aliphatic heterocycles. The van der Waals surface area contributed by atoms with E-state index >= 15 is 0 Å². The van der Waals surface area contributed by atoms with Gasteiger partial charge in [0.1, 0.15) is 5.75 Å². The van der Waals surface area contributed by atoms with Crippen molar-refractivity contribution in [2.45, 2.75) is 17.7 Å². The van der Waals surface area contributed by atoms with Crippen molar-refractivity contribution in [1.82, 2.24) is 0 Å². The average Bonchev–Trinajstić information content (AvgIpc) is 2.17. The van der Waals surface area contributed by atoms with E-state index in [-0.39, 0.29) is 0 Å². The van der Waals surface area contributed by atoms with Gasteiger partial charge in [-0.05, 0) is 30.5 Å². The van der Waals surface area contributed by atoms with Crippen LogP contribution in [0.3, 0.4) is 0 Å². The molecule has 0 saturated carbocycles. The largest absolute Gasteiger partial charge is 0.493 e. The highest BCUT2D eigenvalue weighted by atomic mass is 32.2. The average molecular weight is 182 g/mol. The molecule has 0 unspecified atom stereocenters. The zero-order chi connectivity index (χ0) is 8.39. The Morgan fingerprint density at radius 3 is 3.17 bits per heavy atom. The van der Waals surface area contributed by atoms with Gasteiger partial charge in [0.15, 0.2) is 0 Å². The second-order valence-electron chi connectivity index (χ2n) is 2.81. The molecule has 0 atom stereocenters. The first-order chi connectivity index (χ1) is 5.90. The minimum Gasteiger partial charge on any atom is -0.493 e. The Morgan fingerprint density at radius 2 is 2.33 bits per heavy atom. The Bertz CT molecular complexity index is 286. The van der Waals surface area contributed by atoms with Crippen molar-refractivity contribution in [2.75, 3.05) is 6.61 Å². The second-order valence-corrected chi connectivity index (χ2v) is 3.47. The lowest BCUT2D eigenvalue weighted by Crippen LogP contribution is -2.07. The summed E-state index contributed by atoms with van der Waals surface area (Å²) in [5.41, 5.74) is 1.25. The van der Waals surface area contributed by atoms with Gasteiger partial charge >= 0.3 is 0 Å². The summed E-state index contributed by atoms with van der Waals surface area (Å²) in [4.78, 5) is 0.843. The molecule has 2 nitrogen and oxygen atoms in total. The number of aryl methyl sites for hydroxylation is 1. The molecule has 2 rings (SSSR count). The molecule has 0 bridgehead atoms. The number of benzene rings is 1. The minimum atomic E-state index is 0.762. The third-order valence-corrected chi connectivity index (χ3v) is 2.46. The van der Waals surface area contributed by atoms with E-state index in [1.54, 1.807) is 0 Å². The van der Waals surface area contributed by atoms with Crippen molar-refractivity contribution in [3.05, 3.63) is 23.8 Å². The van der Waals surface area contributed by atoms with E-state index in [4.69, 9.17) is 9.29 Å². The lowest BCUT2D eigenvalue weighted by atomic mass is 10.1. The monoisotopic (exact) mass is 182 g/mol. The molecule has 1 aromatic carbocycles. The highest BCUT2D eigenvalue weighted by Gasteiger charge is 2.09. The van der Waals surface area contributed by atoms with Crippen LogP contribution in [-0.4, -0.2) is 11.2 Å². The molecule has 0 spiro atoms. The number of hydrogen-bond donors (Lipinski definition) is 1. The zero-order valence-electron chi connectivity index (χ0n) is 6.62. The maximum atomic E-state index is 8.80. The molecule has 12 heavy (non-hydrogen) atoms. The van der Waals surface area contributed by atoms with Crippen LogP contribution < -0.4 is 4.74 Å². The summed E-state index contributed by atoms with van der Waals surface area (Å²) < 4.78 is 14.2. The van der Waals surface area contributed by atoms with Crippen LogP contribution in [0.5, 0.6) is 5.75 Å². The van der Waals surface area contributed by atoms with Crippen LogP contribution in [0.2, 0.25) is 0 Å². The number of fused-ring (bicyclic) bond motifs is 1. The first kappa shape index (κ1) is 7.95. The third kappa shape index (κ3) is 1.42. The van der Waals surface area contributed by atoms with Crippen molar-refractivity contribution in [3.63, 3.8) is 0 Å². The van der Waals surface area contributed by atoms with Gasteiger partial charge in [-0.1, -0.05) is 6.07 Å². The predicted octanol–water partition coefficient (Wildman–Crippen LogP) is 2.58. The Kier molecular flexibility index (Phi) is 2.23. The molecule has 0 aliphatic carbocycles. The van der Waals surface area contributed by atoms with Gasteiger partial charge in [0.25, 0.3) is 0 Å². The van der Waals surface area contributed by atoms with Crippen LogP contribution in [0.25, 0.3) is 0 Å². The summed E-state index contributed by atoms with van der Waals surface area (Å²) in [6.45, 7) is 0.798. The Hall–Kier alpha value is -0.670. The van der Waals surface area contributed by atoms with E-state index in [9.17, 15) is 0 Å². The quantitative estimate of drug-likeness (QED) is 0.677. The zero-order valence-corrected chi connectivity index (χ0v) is 7.43. The summed E-state index contributed by atoms with van der Waals surface area (Å²) in [7, 11) is 0. The van der Waals surface area contributed by atoms with Crippen molar-refractivity contribution in [3.8, 4) is 5.75 Å². The summed E-state index contributed by atoms with van der Waals surface area (Å²) >= 11 is 0.762. The summed E-state index contributed by atoms with van der Waals surface area (Å²) in [6.07, 6.45) is 2.18. The maximum Gasteiger partial charge on any atom is 0.123 e. The molecule has 64 valence electrons. The number of ether oxygens (including phenoxy) is 1. The Morgan fingerprint density at radius 1 is 1.42 bits per heavy atom. The topological polar surface area (TPSA) is 29.5 Å². The van der Waals surface area contributed by atoms with Gasteiger partial charge in [-0.25, -0.2) is 0 Å². The smallest absolute Gasteiger partial charge is 0.123 e. The van der Waals surface area contributed by atoms with Crippen LogP contribution in [0, 0.1) is 0 Å². The molecular weight excluding hydrogens is 172 g/mol. The highest BCUT2D eigenvalue weighted by molar-refractivity contribution is 7.93. The van der Waals surface area contributed by atoms with Crippen molar-refractivity contribution >= 4 is 12.0 Å². The highest BCUT2D eigenvalue weighted by Crippen LogP contribution is 2.28. The molecular formula is C9H10O2S. The molecule has 3 heteroatoms. The van der Waals surface area contributed by atoms with Crippen LogP contribution in [-0.2, 0) is 6.42 Å². The lowest BCUT2D eigenvalue weighted by Gasteiger charge is -2.17. The van der Waals surface area contributed by atoms with E-state index in [0.29, 0.717) is 0 Å². The number of hydrogen-bond acceptors (Lipinski definition) is 3. The normalized spacial score (nSPS) is 15.1. The Balaban J connectivity index is 2.36. The third-order valence-electron chi connectivity index (χ3n) is 1.99. The van der Waals surface area contributed by atoms with Crippen LogP contribution in [0.4, 0.5) is 0 Å². The predicted molar refractivity (Wildman–Crippen MR) is 48.7 cm³/mol. The van der Waals surface area contributed by atoms with Crippen molar-refractivity contribution in [2.24, 2.45) is 0 Å². The van der Waals surface area contributed by atoms with Gasteiger partial charge in [-0.3, -0.25) is 0 Å². The summed E-state index contributed by atoms with van der Waals surface area (Å²) in [5, 5.41) is 0. The molecule has 0 fully saturated rings. The van der Waals surface area contributed by atoms with Gasteiger partial charge < -0.3 is 9.29 Å². The first-order valence-electron chi connectivity index (χ1n) is 3.97. The second kappa shape index (κ2) is 3.37. The van der Waals surface area contributed by atoms with E-state index in [0.717, 1.165) is 42.1 Å². The van der Waals surface area contributed by atoms with Crippen LogP contribution >= 0.6 is 12.0 Å². The summed E-state index contributed by atoms with van der Waals surface area (Å²) in [6, 6.07) is 5.82. The molecule has 1 aromatic rings. The molecule has 0 radical (unpaired) electrons. The molecule has 1 heterocycles. The molecule has 1 N–H and O–H groups in total. The van der Waals surface area contributed by atoms with E-state index in [2.05, 4.69) is 0 Å².